The number of hydrogen-bond acceptors (Lipinski definition) is 5. The number of benzene rings is 2. The van der Waals surface area contributed by atoms with Crippen molar-refractivity contribution in [2.24, 2.45) is 0 Å². The summed E-state index contributed by atoms with van der Waals surface area (Å²) in [4.78, 5) is 14.1. The van der Waals surface area contributed by atoms with Crippen LogP contribution in [0.4, 0.5) is 0 Å². The molecule has 1 heterocycles. The Morgan fingerprint density at radius 3 is 2.59 bits per heavy atom. The number of halogens is 2. The van der Waals surface area contributed by atoms with Crippen molar-refractivity contribution in [2.75, 3.05) is 14.2 Å². The Morgan fingerprint density at radius 1 is 1.22 bits per heavy atom. The Morgan fingerprint density at radius 2 is 1.96 bits per heavy atom. The van der Waals surface area contributed by atoms with Crippen LogP contribution >= 0.6 is 47.2 Å². The number of nitrogens with zero attached hydrogens (tertiary/aromatic N) is 1. The number of thioether (sulfide) groups is 1. The molecule has 0 aliphatic carbocycles. The van der Waals surface area contributed by atoms with E-state index in [0.717, 1.165) is 11.1 Å². The summed E-state index contributed by atoms with van der Waals surface area (Å²) >= 11 is 19.0. The van der Waals surface area contributed by atoms with Gasteiger partial charge in [-0.1, -0.05) is 65.4 Å². The Kier molecular flexibility index (Phi) is 6.32. The van der Waals surface area contributed by atoms with E-state index in [1.165, 1.54) is 23.8 Å². The molecule has 1 amide bonds. The second-order valence-corrected chi connectivity index (χ2v) is 8.15. The first-order valence-electron chi connectivity index (χ1n) is 7.86. The van der Waals surface area contributed by atoms with Crippen LogP contribution in [0.5, 0.6) is 11.5 Å². The Bertz CT molecular complexity index is 947. The van der Waals surface area contributed by atoms with E-state index in [2.05, 4.69) is 0 Å². The molecule has 4 nitrogen and oxygen atoms in total. The lowest BCUT2D eigenvalue weighted by atomic mass is 10.1. The predicted molar refractivity (Wildman–Crippen MR) is 115 cm³/mol. The summed E-state index contributed by atoms with van der Waals surface area (Å²) in [5.74, 6) is 0.742. The summed E-state index contributed by atoms with van der Waals surface area (Å²) < 4.78 is 11.8. The van der Waals surface area contributed by atoms with Crippen LogP contribution in [0, 0.1) is 0 Å². The van der Waals surface area contributed by atoms with E-state index in [4.69, 9.17) is 44.9 Å². The monoisotopic (exact) mass is 439 g/mol. The minimum Gasteiger partial charge on any atom is -0.493 e. The van der Waals surface area contributed by atoms with E-state index >= 15 is 0 Å². The van der Waals surface area contributed by atoms with Crippen molar-refractivity contribution in [2.45, 2.75) is 6.61 Å². The van der Waals surface area contributed by atoms with Crippen molar-refractivity contribution in [1.82, 2.24) is 4.90 Å². The highest BCUT2D eigenvalue weighted by Gasteiger charge is 2.28. The van der Waals surface area contributed by atoms with Crippen molar-refractivity contribution in [1.29, 1.82) is 0 Å². The summed E-state index contributed by atoms with van der Waals surface area (Å²) in [6.07, 6.45) is 1.73. The SMILES string of the molecule is COc1cc(C=C2SC(=S)N(C)C2=O)cc(Cl)c1OCc1ccccc1Cl. The van der Waals surface area contributed by atoms with Crippen molar-refractivity contribution in [3.8, 4) is 11.5 Å². The fourth-order valence-corrected chi connectivity index (χ4v) is 4.07. The molecule has 1 fully saturated rings. The van der Waals surface area contributed by atoms with Gasteiger partial charge in [-0.05, 0) is 29.8 Å². The third-order valence-electron chi connectivity index (χ3n) is 3.87. The first-order valence-corrected chi connectivity index (χ1v) is 9.84. The molecule has 0 atom stereocenters. The van der Waals surface area contributed by atoms with Gasteiger partial charge in [0.25, 0.3) is 5.91 Å². The third-order valence-corrected chi connectivity index (χ3v) is 6.00. The largest absolute Gasteiger partial charge is 0.493 e. The molecule has 0 radical (unpaired) electrons. The summed E-state index contributed by atoms with van der Waals surface area (Å²) in [6, 6.07) is 10.9. The van der Waals surface area contributed by atoms with E-state index in [1.54, 1.807) is 31.3 Å². The topological polar surface area (TPSA) is 38.8 Å². The maximum absolute atomic E-state index is 12.2. The minimum absolute atomic E-state index is 0.140. The van der Waals surface area contributed by atoms with Crippen molar-refractivity contribution < 1.29 is 14.3 Å². The fourth-order valence-electron chi connectivity index (χ4n) is 2.43. The zero-order valence-corrected chi connectivity index (χ0v) is 17.6. The number of likely N-dealkylation sites (N-methyl/N-ethyl adjacent to an activating group) is 1. The maximum Gasteiger partial charge on any atom is 0.265 e. The Labute approximate surface area is 177 Å². The molecule has 0 spiro atoms. The summed E-state index contributed by atoms with van der Waals surface area (Å²) in [5.41, 5.74) is 1.56. The van der Waals surface area contributed by atoms with Gasteiger partial charge in [0.15, 0.2) is 11.5 Å². The van der Waals surface area contributed by atoms with E-state index in [1.807, 2.05) is 18.2 Å². The molecule has 1 aliphatic heterocycles. The molecule has 2 aromatic rings. The van der Waals surface area contributed by atoms with Gasteiger partial charge < -0.3 is 9.47 Å². The van der Waals surface area contributed by atoms with Gasteiger partial charge in [-0.3, -0.25) is 9.69 Å². The van der Waals surface area contributed by atoms with Crippen LogP contribution in [0.3, 0.4) is 0 Å². The van der Waals surface area contributed by atoms with Gasteiger partial charge in [0.05, 0.1) is 17.0 Å². The molecule has 0 bridgehead atoms. The van der Waals surface area contributed by atoms with E-state index in [0.29, 0.717) is 30.8 Å². The highest BCUT2D eigenvalue weighted by molar-refractivity contribution is 8.26. The van der Waals surface area contributed by atoms with Gasteiger partial charge in [0, 0.05) is 17.6 Å². The standard InChI is InChI=1S/C19H15Cl2NO3S2/c1-22-18(23)16(27-19(22)26)9-11-7-14(21)17(15(8-11)24-2)25-10-12-5-3-4-6-13(12)20/h3-9H,10H2,1-2H3. The lowest BCUT2D eigenvalue weighted by Crippen LogP contribution is -2.22. The first kappa shape index (κ1) is 20.0. The molecule has 27 heavy (non-hydrogen) atoms. The first-order chi connectivity index (χ1) is 12.9. The number of carbonyl (C=O) groups excluding carboxylic acids is 1. The van der Waals surface area contributed by atoms with E-state index in [-0.39, 0.29) is 12.5 Å². The molecule has 140 valence electrons. The Hall–Kier alpha value is -1.73. The van der Waals surface area contributed by atoms with Gasteiger partial charge in [-0.25, -0.2) is 0 Å². The predicted octanol–water partition coefficient (Wildman–Crippen LogP) is 5.41. The molecule has 3 rings (SSSR count). The summed E-state index contributed by atoms with van der Waals surface area (Å²) in [7, 11) is 3.18. The number of rotatable bonds is 5. The molecular weight excluding hydrogens is 425 g/mol. The van der Waals surface area contributed by atoms with Crippen LogP contribution in [0.2, 0.25) is 10.0 Å². The summed E-state index contributed by atoms with van der Waals surface area (Å²) in [6.45, 7) is 0.254. The van der Waals surface area contributed by atoms with E-state index in [9.17, 15) is 4.79 Å². The van der Waals surface area contributed by atoms with Crippen LogP contribution in [-0.4, -0.2) is 29.3 Å². The zero-order valence-electron chi connectivity index (χ0n) is 14.5. The molecule has 0 N–H and O–H groups in total. The number of thiocarbonyl (C=S) groups is 1. The average Bonchev–Trinajstić information content (AvgIpc) is 2.88. The lowest BCUT2D eigenvalue weighted by molar-refractivity contribution is -0.121. The van der Waals surface area contributed by atoms with Gasteiger partial charge in [0.2, 0.25) is 0 Å². The zero-order chi connectivity index (χ0) is 19.6. The smallest absolute Gasteiger partial charge is 0.265 e. The normalized spacial score (nSPS) is 15.6. The maximum atomic E-state index is 12.2. The molecule has 1 aliphatic rings. The van der Waals surface area contributed by atoms with Crippen molar-refractivity contribution in [3.05, 3.63) is 62.5 Å². The number of carbonyl (C=O) groups is 1. The van der Waals surface area contributed by atoms with E-state index < -0.39 is 0 Å². The van der Waals surface area contributed by atoms with Gasteiger partial charge in [-0.2, -0.15) is 0 Å². The minimum atomic E-state index is -0.140. The van der Waals surface area contributed by atoms with Crippen LogP contribution in [0.1, 0.15) is 11.1 Å². The number of hydrogen-bond donors (Lipinski definition) is 0. The van der Waals surface area contributed by atoms with Crippen LogP contribution in [0.25, 0.3) is 6.08 Å². The van der Waals surface area contributed by atoms with Gasteiger partial charge >= 0.3 is 0 Å². The molecule has 2 aromatic carbocycles. The third kappa shape index (κ3) is 4.41. The highest BCUT2D eigenvalue weighted by atomic mass is 35.5. The quantitative estimate of drug-likeness (QED) is 0.459. The average molecular weight is 440 g/mol. The molecule has 0 aromatic heterocycles. The number of methoxy groups -OCH3 is 1. The van der Waals surface area contributed by atoms with Gasteiger partial charge in [0.1, 0.15) is 10.9 Å². The summed E-state index contributed by atoms with van der Waals surface area (Å²) in [5, 5.41) is 0.991. The fraction of sp³-hybridized carbons (Fsp3) is 0.158. The molecule has 1 saturated heterocycles. The van der Waals surface area contributed by atoms with Crippen LogP contribution in [-0.2, 0) is 11.4 Å². The van der Waals surface area contributed by atoms with Crippen LogP contribution in [0.15, 0.2) is 41.3 Å². The molecular formula is C19H15Cl2NO3S2. The molecule has 8 heteroatoms. The van der Waals surface area contributed by atoms with Gasteiger partial charge in [-0.15, -0.1) is 0 Å². The molecule has 0 saturated carbocycles. The number of amides is 1. The Balaban J connectivity index is 1.87. The number of ether oxygens (including phenoxy) is 2. The second-order valence-electron chi connectivity index (χ2n) is 5.65. The molecule has 0 unspecified atom stereocenters. The highest BCUT2D eigenvalue weighted by Crippen LogP contribution is 2.39. The van der Waals surface area contributed by atoms with Crippen molar-refractivity contribution in [3.63, 3.8) is 0 Å². The van der Waals surface area contributed by atoms with Crippen molar-refractivity contribution >= 4 is 63.5 Å². The van der Waals surface area contributed by atoms with Crippen LogP contribution < -0.4 is 9.47 Å². The lowest BCUT2D eigenvalue weighted by Gasteiger charge is -2.14. The second kappa shape index (κ2) is 8.52.